The van der Waals surface area contributed by atoms with Crippen LogP contribution < -0.4 is 10.6 Å². The van der Waals surface area contributed by atoms with Gasteiger partial charge in [-0.25, -0.2) is 9.59 Å². The summed E-state index contributed by atoms with van der Waals surface area (Å²) >= 11 is 0. The normalized spacial score (nSPS) is 14.0. The van der Waals surface area contributed by atoms with Crippen LogP contribution in [0.3, 0.4) is 0 Å². The van der Waals surface area contributed by atoms with E-state index in [1.165, 1.54) is 0 Å². The van der Waals surface area contributed by atoms with E-state index in [4.69, 9.17) is 4.74 Å². The highest BCUT2D eigenvalue weighted by Crippen LogP contribution is 2.44. The van der Waals surface area contributed by atoms with E-state index in [-0.39, 0.29) is 18.9 Å². The van der Waals surface area contributed by atoms with Crippen molar-refractivity contribution in [2.45, 2.75) is 52.1 Å². The molecule has 3 N–H and O–H groups in total. The number of rotatable bonds is 7. The average Bonchev–Trinajstić information content (AvgIpc) is 3.11. The maximum atomic E-state index is 12.9. The highest BCUT2D eigenvalue weighted by atomic mass is 16.5. The first-order valence-electron chi connectivity index (χ1n) is 11.2. The summed E-state index contributed by atoms with van der Waals surface area (Å²) in [5.74, 6) is 3.38. The van der Waals surface area contributed by atoms with Crippen molar-refractivity contribution >= 4 is 18.0 Å². The molecule has 2 aromatic carbocycles. The van der Waals surface area contributed by atoms with E-state index in [0.717, 1.165) is 22.3 Å². The lowest BCUT2D eigenvalue weighted by molar-refractivity contribution is -0.142. The fourth-order valence-electron chi connectivity index (χ4n) is 4.09. The predicted octanol–water partition coefficient (Wildman–Crippen LogP) is 3.92. The Morgan fingerprint density at radius 2 is 1.56 bits per heavy atom. The van der Waals surface area contributed by atoms with E-state index in [0.29, 0.717) is 0 Å². The molecule has 0 heterocycles. The van der Waals surface area contributed by atoms with Crippen LogP contribution in [-0.4, -0.2) is 41.8 Å². The van der Waals surface area contributed by atoms with Gasteiger partial charge in [0.15, 0.2) is 0 Å². The van der Waals surface area contributed by atoms with Crippen LogP contribution in [-0.2, 0) is 14.3 Å². The average molecular weight is 463 g/mol. The van der Waals surface area contributed by atoms with Crippen LogP contribution in [0.5, 0.6) is 0 Å². The third-order valence-electron chi connectivity index (χ3n) is 5.83. The van der Waals surface area contributed by atoms with Crippen molar-refractivity contribution in [3.63, 3.8) is 0 Å². The summed E-state index contributed by atoms with van der Waals surface area (Å²) in [7, 11) is 0. The van der Waals surface area contributed by atoms with Crippen LogP contribution in [0.1, 0.15) is 51.2 Å². The van der Waals surface area contributed by atoms with Crippen molar-refractivity contribution in [1.82, 2.24) is 10.6 Å². The number of carboxylic acids is 1. The quantitative estimate of drug-likeness (QED) is 0.541. The van der Waals surface area contributed by atoms with Crippen molar-refractivity contribution in [3.8, 4) is 23.0 Å². The molecule has 0 aliphatic heterocycles. The van der Waals surface area contributed by atoms with Gasteiger partial charge in [-0.1, -0.05) is 69.3 Å². The van der Waals surface area contributed by atoms with Gasteiger partial charge < -0.3 is 20.5 Å². The molecular formula is C27H30N2O5. The summed E-state index contributed by atoms with van der Waals surface area (Å²) in [5, 5.41) is 14.5. The molecule has 0 fully saturated rings. The fourth-order valence-corrected chi connectivity index (χ4v) is 4.09. The molecule has 3 rings (SSSR count). The molecule has 2 aromatic rings. The Morgan fingerprint density at radius 1 is 1.00 bits per heavy atom. The molecule has 0 saturated heterocycles. The van der Waals surface area contributed by atoms with E-state index in [1.807, 2.05) is 36.4 Å². The van der Waals surface area contributed by atoms with E-state index < -0.39 is 35.5 Å². The minimum absolute atomic E-state index is 0.0284. The molecule has 34 heavy (non-hydrogen) atoms. The number of aliphatic carboxylic acids is 1. The maximum absolute atomic E-state index is 12.9. The van der Waals surface area contributed by atoms with Gasteiger partial charge in [0.2, 0.25) is 5.91 Å². The molecule has 1 aliphatic rings. The van der Waals surface area contributed by atoms with Crippen molar-refractivity contribution in [2.24, 2.45) is 5.41 Å². The molecule has 0 aromatic heterocycles. The molecule has 1 unspecified atom stereocenters. The van der Waals surface area contributed by atoms with E-state index in [1.54, 1.807) is 27.7 Å². The number of hydrogen-bond donors (Lipinski definition) is 3. The Morgan fingerprint density at radius 3 is 2.06 bits per heavy atom. The molecular weight excluding hydrogens is 432 g/mol. The summed E-state index contributed by atoms with van der Waals surface area (Å²) in [6.07, 6.45) is -0.767. The first-order chi connectivity index (χ1) is 16.1. The number of alkyl carbamates (subject to hydrolysis) is 1. The molecule has 0 spiro atoms. The van der Waals surface area contributed by atoms with Crippen LogP contribution in [0.15, 0.2) is 48.5 Å². The highest BCUT2D eigenvalue weighted by Gasteiger charge is 2.36. The first kappa shape index (κ1) is 24.8. The number of hydrogen-bond acceptors (Lipinski definition) is 4. The Hall–Kier alpha value is -3.79. The predicted molar refractivity (Wildman–Crippen MR) is 129 cm³/mol. The van der Waals surface area contributed by atoms with Gasteiger partial charge in [0.05, 0.1) is 0 Å². The van der Waals surface area contributed by atoms with Crippen molar-refractivity contribution < 1.29 is 24.2 Å². The molecule has 7 heteroatoms. The molecule has 2 atom stereocenters. The maximum Gasteiger partial charge on any atom is 0.407 e. The fraction of sp³-hybridized carbons (Fsp3) is 0.370. The third kappa shape index (κ3) is 5.57. The molecule has 0 radical (unpaired) electrons. The lowest BCUT2D eigenvalue weighted by Gasteiger charge is -2.31. The number of ether oxygens (including phenoxy) is 1. The summed E-state index contributed by atoms with van der Waals surface area (Å²) < 4.78 is 5.56. The molecule has 7 nitrogen and oxygen atoms in total. The molecule has 0 bridgehead atoms. The van der Waals surface area contributed by atoms with Gasteiger partial charge in [-0.05, 0) is 34.6 Å². The minimum Gasteiger partial charge on any atom is -0.480 e. The van der Waals surface area contributed by atoms with Gasteiger partial charge in [0.25, 0.3) is 0 Å². The summed E-state index contributed by atoms with van der Waals surface area (Å²) in [4.78, 5) is 37.1. The number of amides is 2. The second-order valence-electron chi connectivity index (χ2n) is 9.30. The number of carboxylic acid groups (broad SMARTS) is 1. The highest BCUT2D eigenvalue weighted by molar-refractivity contribution is 5.90. The first-order valence-corrected chi connectivity index (χ1v) is 11.2. The summed E-state index contributed by atoms with van der Waals surface area (Å²) in [6.45, 7) is 7.05. The van der Waals surface area contributed by atoms with Gasteiger partial charge >= 0.3 is 12.1 Å². The topological polar surface area (TPSA) is 105 Å². The lowest BCUT2D eigenvalue weighted by Crippen LogP contribution is -2.56. The molecule has 1 aliphatic carbocycles. The standard InChI is InChI=1S/C27H30N2O5/c1-5-6-15-22(25(31)32)28-24(30)23(27(2,3)4)29-26(33)34-16-21-19-13-9-7-11-17(19)18-12-8-10-14-20(18)21/h7-14,21-23H,15-16H2,1-4H3,(H,28,30)(H,29,33)(H,31,32)/t22?,23-/m0/s1. The Balaban J connectivity index is 1.69. The number of fused-ring (bicyclic) bond motifs is 3. The van der Waals surface area contributed by atoms with E-state index >= 15 is 0 Å². The molecule has 0 saturated carbocycles. The van der Waals surface area contributed by atoms with Crippen LogP contribution >= 0.6 is 0 Å². The molecule has 2 amide bonds. The van der Waals surface area contributed by atoms with Crippen molar-refractivity contribution in [1.29, 1.82) is 0 Å². The number of carbonyl (C=O) groups is 3. The Kier molecular flexibility index (Phi) is 7.62. The van der Waals surface area contributed by atoms with Crippen LogP contribution in [0.25, 0.3) is 11.1 Å². The second kappa shape index (κ2) is 10.4. The summed E-state index contributed by atoms with van der Waals surface area (Å²) in [5.41, 5.74) is 3.73. The van der Waals surface area contributed by atoms with E-state index in [2.05, 4.69) is 34.6 Å². The zero-order valence-corrected chi connectivity index (χ0v) is 19.8. The van der Waals surface area contributed by atoms with Gasteiger partial charge in [0.1, 0.15) is 18.7 Å². The number of benzene rings is 2. The molecule has 178 valence electrons. The number of carbonyl (C=O) groups excluding carboxylic acids is 2. The van der Waals surface area contributed by atoms with Crippen LogP contribution in [0, 0.1) is 17.3 Å². The minimum atomic E-state index is -1.19. The van der Waals surface area contributed by atoms with Gasteiger partial charge in [-0.3, -0.25) is 4.79 Å². The lowest BCUT2D eigenvalue weighted by atomic mass is 9.86. The summed E-state index contributed by atoms with van der Waals surface area (Å²) in [6, 6.07) is 13.9. The van der Waals surface area contributed by atoms with E-state index in [9.17, 15) is 19.5 Å². The number of nitrogens with one attached hydrogen (secondary N) is 2. The smallest absolute Gasteiger partial charge is 0.407 e. The van der Waals surface area contributed by atoms with Crippen LogP contribution in [0.2, 0.25) is 0 Å². The van der Waals surface area contributed by atoms with Gasteiger partial charge in [0, 0.05) is 12.3 Å². The van der Waals surface area contributed by atoms with Gasteiger partial charge in [-0.2, -0.15) is 0 Å². The monoisotopic (exact) mass is 462 g/mol. The Bertz CT molecular complexity index is 1090. The Labute approximate surface area is 199 Å². The second-order valence-corrected chi connectivity index (χ2v) is 9.30. The van der Waals surface area contributed by atoms with Crippen LogP contribution in [0.4, 0.5) is 4.79 Å². The SMILES string of the molecule is CC#CCC(NC(=O)[C@H](NC(=O)OCC1c2ccccc2-c2ccccc21)C(C)(C)C)C(=O)O. The van der Waals surface area contributed by atoms with Crippen molar-refractivity contribution in [3.05, 3.63) is 59.7 Å². The third-order valence-corrected chi connectivity index (χ3v) is 5.83. The zero-order valence-electron chi connectivity index (χ0n) is 19.8. The zero-order chi connectivity index (χ0) is 24.9. The van der Waals surface area contributed by atoms with Gasteiger partial charge in [-0.15, -0.1) is 11.8 Å². The van der Waals surface area contributed by atoms with Crippen molar-refractivity contribution in [2.75, 3.05) is 6.61 Å². The largest absolute Gasteiger partial charge is 0.480 e.